The highest BCUT2D eigenvalue weighted by Crippen LogP contribution is 2.20. The van der Waals surface area contributed by atoms with Gasteiger partial charge in [-0.05, 0) is 55.7 Å². The summed E-state index contributed by atoms with van der Waals surface area (Å²) in [6.45, 7) is 1.37. The minimum atomic E-state index is -3.75. The maximum atomic E-state index is 12.7. The van der Waals surface area contributed by atoms with E-state index in [1.165, 1.54) is 24.3 Å². The lowest BCUT2D eigenvalue weighted by molar-refractivity contribution is 0.0724. The van der Waals surface area contributed by atoms with Crippen LogP contribution in [0.2, 0.25) is 5.02 Å². The number of piperidine rings is 1. The molecule has 2 heterocycles. The van der Waals surface area contributed by atoms with Crippen LogP contribution >= 0.6 is 11.6 Å². The van der Waals surface area contributed by atoms with Gasteiger partial charge in [0.15, 0.2) is 0 Å². The summed E-state index contributed by atoms with van der Waals surface area (Å²) in [5.74, 6) is 0.385. The quantitative estimate of drug-likeness (QED) is 0.603. The summed E-state index contributed by atoms with van der Waals surface area (Å²) in [5, 5.41) is 4.37. The van der Waals surface area contributed by atoms with Crippen LogP contribution in [0.4, 0.5) is 0 Å². The molecule has 1 fully saturated rings. The Hall–Kier alpha value is -2.75. The van der Waals surface area contributed by atoms with Gasteiger partial charge in [0.1, 0.15) is 0 Å². The highest BCUT2D eigenvalue weighted by molar-refractivity contribution is 7.89. The Labute approximate surface area is 185 Å². The van der Waals surface area contributed by atoms with E-state index in [0.717, 1.165) is 32.4 Å². The largest absolute Gasteiger partial charge is 0.339 e. The number of hydrogen-bond donors (Lipinski definition) is 1. The average Bonchev–Trinajstić information content (AvgIpc) is 3.28. The van der Waals surface area contributed by atoms with Crippen LogP contribution in [0.1, 0.15) is 35.5 Å². The Morgan fingerprint density at radius 1 is 1.10 bits per heavy atom. The van der Waals surface area contributed by atoms with Crippen molar-refractivity contribution in [1.82, 2.24) is 19.8 Å². The zero-order chi connectivity index (χ0) is 21.8. The number of likely N-dealkylation sites (tertiary alicyclic amines) is 1. The highest BCUT2D eigenvalue weighted by Gasteiger charge is 2.20. The van der Waals surface area contributed by atoms with Crippen LogP contribution in [-0.4, -0.2) is 42.5 Å². The topological polar surface area (TPSA) is 105 Å². The third-order valence-electron chi connectivity index (χ3n) is 5.02. The van der Waals surface area contributed by atoms with Gasteiger partial charge in [-0.1, -0.05) is 28.9 Å². The molecule has 2 aromatic carbocycles. The van der Waals surface area contributed by atoms with Crippen molar-refractivity contribution in [3.8, 4) is 11.4 Å². The molecule has 1 aliphatic rings. The third-order valence-corrected chi connectivity index (χ3v) is 6.69. The van der Waals surface area contributed by atoms with Gasteiger partial charge in [0.2, 0.25) is 21.7 Å². The molecule has 3 aromatic rings. The Kier molecular flexibility index (Phi) is 6.35. The summed E-state index contributed by atoms with van der Waals surface area (Å²) >= 11 is 5.80. The lowest BCUT2D eigenvalue weighted by Gasteiger charge is -2.26. The molecular formula is C21H21ClN4O4S. The summed E-state index contributed by atoms with van der Waals surface area (Å²) in [7, 11) is -3.75. The second-order valence-corrected chi connectivity index (χ2v) is 9.43. The Morgan fingerprint density at radius 3 is 2.58 bits per heavy atom. The zero-order valence-corrected chi connectivity index (χ0v) is 18.2. The fraction of sp³-hybridized carbons (Fsp3) is 0.286. The summed E-state index contributed by atoms with van der Waals surface area (Å²) in [6.07, 6.45) is 3.19. The van der Waals surface area contributed by atoms with Gasteiger partial charge in [0.25, 0.3) is 5.91 Å². The summed E-state index contributed by atoms with van der Waals surface area (Å²) in [6, 6.07) is 12.9. The van der Waals surface area contributed by atoms with Crippen LogP contribution in [0.5, 0.6) is 0 Å². The number of carbonyl (C=O) groups excluding carboxylic acids is 1. The number of benzene rings is 2. The third kappa shape index (κ3) is 5.12. The van der Waals surface area contributed by atoms with Crippen molar-refractivity contribution in [1.29, 1.82) is 0 Å². The maximum absolute atomic E-state index is 12.7. The van der Waals surface area contributed by atoms with E-state index in [9.17, 15) is 13.2 Å². The standard InChI is InChI=1S/C21H21ClN4O4S/c22-17-7-9-18(10-8-17)31(28,29)23-14-19-24-20(25-30-19)15-5-4-6-16(13-15)21(27)26-11-2-1-3-12-26/h4-10,13,23H,1-3,11-12,14H2. The van der Waals surface area contributed by atoms with Crippen molar-refractivity contribution in [2.45, 2.75) is 30.7 Å². The molecule has 0 unspecified atom stereocenters. The molecule has 1 aromatic heterocycles. The van der Waals surface area contributed by atoms with E-state index >= 15 is 0 Å². The lowest BCUT2D eigenvalue weighted by Crippen LogP contribution is -2.35. The second kappa shape index (κ2) is 9.17. The number of rotatable bonds is 6. The summed E-state index contributed by atoms with van der Waals surface area (Å²) < 4.78 is 32.4. The van der Waals surface area contributed by atoms with Crippen LogP contribution in [0.25, 0.3) is 11.4 Å². The maximum Gasteiger partial charge on any atom is 0.253 e. The Bertz CT molecular complexity index is 1170. The van der Waals surface area contributed by atoms with Crippen LogP contribution in [-0.2, 0) is 16.6 Å². The van der Waals surface area contributed by atoms with E-state index in [1.54, 1.807) is 24.3 Å². The molecule has 1 saturated heterocycles. The number of sulfonamides is 1. The highest BCUT2D eigenvalue weighted by atomic mass is 35.5. The van der Waals surface area contributed by atoms with Crippen molar-refractivity contribution >= 4 is 27.5 Å². The molecule has 0 aliphatic carbocycles. The van der Waals surface area contributed by atoms with Crippen molar-refractivity contribution in [3.63, 3.8) is 0 Å². The van der Waals surface area contributed by atoms with E-state index in [-0.39, 0.29) is 29.1 Å². The molecule has 0 spiro atoms. The van der Waals surface area contributed by atoms with Crippen LogP contribution in [0.3, 0.4) is 0 Å². The van der Waals surface area contributed by atoms with Crippen molar-refractivity contribution in [2.24, 2.45) is 0 Å². The molecule has 0 atom stereocenters. The van der Waals surface area contributed by atoms with E-state index in [2.05, 4.69) is 14.9 Å². The normalized spacial score (nSPS) is 14.5. The first-order valence-electron chi connectivity index (χ1n) is 9.90. The molecular weight excluding hydrogens is 440 g/mol. The molecule has 4 rings (SSSR count). The van der Waals surface area contributed by atoms with E-state index in [1.807, 2.05) is 4.90 Å². The summed E-state index contributed by atoms with van der Waals surface area (Å²) in [5.41, 5.74) is 1.19. The fourth-order valence-corrected chi connectivity index (χ4v) is 4.47. The molecule has 162 valence electrons. The fourth-order valence-electron chi connectivity index (χ4n) is 3.37. The van der Waals surface area contributed by atoms with Gasteiger partial charge < -0.3 is 9.42 Å². The summed E-state index contributed by atoms with van der Waals surface area (Å²) in [4.78, 5) is 18.9. The van der Waals surface area contributed by atoms with Gasteiger partial charge >= 0.3 is 0 Å². The Balaban J connectivity index is 1.45. The van der Waals surface area contributed by atoms with Crippen LogP contribution < -0.4 is 4.72 Å². The molecule has 0 radical (unpaired) electrons. The number of nitrogens with zero attached hydrogens (tertiary/aromatic N) is 3. The first-order chi connectivity index (χ1) is 14.9. The molecule has 1 aliphatic heterocycles. The number of hydrogen-bond acceptors (Lipinski definition) is 6. The molecule has 0 bridgehead atoms. The lowest BCUT2D eigenvalue weighted by atomic mass is 10.1. The van der Waals surface area contributed by atoms with Crippen molar-refractivity contribution < 1.29 is 17.7 Å². The number of aromatic nitrogens is 2. The minimum absolute atomic E-state index is 0.0130. The SMILES string of the molecule is O=C(c1cccc(-c2noc(CNS(=O)(=O)c3ccc(Cl)cc3)n2)c1)N1CCCCC1. The van der Waals surface area contributed by atoms with Gasteiger partial charge in [-0.15, -0.1) is 0 Å². The van der Waals surface area contributed by atoms with E-state index in [0.29, 0.717) is 16.1 Å². The predicted octanol–water partition coefficient (Wildman–Crippen LogP) is 3.49. The number of carbonyl (C=O) groups is 1. The van der Waals surface area contributed by atoms with Crippen LogP contribution in [0, 0.1) is 0 Å². The minimum Gasteiger partial charge on any atom is -0.339 e. The smallest absolute Gasteiger partial charge is 0.253 e. The predicted molar refractivity (Wildman–Crippen MR) is 115 cm³/mol. The van der Waals surface area contributed by atoms with Gasteiger partial charge in [0.05, 0.1) is 11.4 Å². The monoisotopic (exact) mass is 460 g/mol. The number of amides is 1. The second-order valence-electron chi connectivity index (χ2n) is 7.22. The molecule has 0 saturated carbocycles. The van der Waals surface area contributed by atoms with Gasteiger partial charge in [-0.3, -0.25) is 4.79 Å². The van der Waals surface area contributed by atoms with Gasteiger partial charge in [-0.25, -0.2) is 13.1 Å². The van der Waals surface area contributed by atoms with Crippen molar-refractivity contribution in [2.75, 3.05) is 13.1 Å². The van der Waals surface area contributed by atoms with Crippen molar-refractivity contribution in [3.05, 3.63) is 65.0 Å². The molecule has 1 N–H and O–H groups in total. The first-order valence-corrected chi connectivity index (χ1v) is 11.8. The Morgan fingerprint density at radius 2 is 1.84 bits per heavy atom. The zero-order valence-electron chi connectivity index (χ0n) is 16.6. The average molecular weight is 461 g/mol. The molecule has 31 heavy (non-hydrogen) atoms. The van der Waals surface area contributed by atoms with Crippen LogP contribution in [0.15, 0.2) is 57.9 Å². The van der Waals surface area contributed by atoms with E-state index < -0.39 is 10.0 Å². The molecule has 10 heteroatoms. The first kappa shape index (κ1) is 21.5. The van der Waals surface area contributed by atoms with Gasteiger partial charge in [0, 0.05) is 29.2 Å². The van der Waals surface area contributed by atoms with Gasteiger partial charge in [-0.2, -0.15) is 4.98 Å². The number of nitrogens with one attached hydrogen (secondary N) is 1. The number of halogens is 1. The van der Waals surface area contributed by atoms with E-state index in [4.69, 9.17) is 16.1 Å². The molecule has 1 amide bonds. The molecule has 8 nitrogen and oxygen atoms in total.